The highest BCUT2D eigenvalue weighted by Gasteiger charge is 2.45. The van der Waals surface area contributed by atoms with Crippen LogP contribution in [0.3, 0.4) is 0 Å². The van der Waals surface area contributed by atoms with E-state index in [1.54, 1.807) is 7.11 Å². The Morgan fingerprint density at radius 3 is 2.45 bits per heavy atom. The first-order valence-corrected chi connectivity index (χ1v) is 7.22. The quantitative estimate of drug-likeness (QED) is 0.836. The molecule has 0 saturated heterocycles. The van der Waals surface area contributed by atoms with Crippen LogP contribution in [0, 0.1) is 0 Å². The monoisotopic (exact) mass is 277 g/mol. The van der Waals surface area contributed by atoms with Gasteiger partial charge in [-0.15, -0.1) is 0 Å². The lowest BCUT2D eigenvalue weighted by Gasteiger charge is -2.41. The van der Waals surface area contributed by atoms with E-state index >= 15 is 0 Å². The summed E-state index contributed by atoms with van der Waals surface area (Å²) in [6.45, 7) is 1.95. The second-order valence-corrected chi connectivity index (χ2v) is 5.43. The first-order chi connectivity index (χ1) is 9.66. The number of rotatable bonds is 6. The van der Waals surface area contributed by atoms with Gasteiger partial charge in [0.05, 0.1) is 25.2 Å². The third-order valence-electron chi connectivity index (χ3n) is 4.33. The summed E-state index contributed by atoms with van der Waals surface area (Å²) in [6, 6.07) is 7.57. The van der Waals surface area contributed by atoms with Gasteiger partial charge in [0.2, 0.25) is 5.91 Å². The van der Waals surface area contributed by atoms with Crippen molar-refractivity contribution in [3.8, 4) is 5.75 Å². The van der Waals surface area contributed by atoms with Crippen LogP contribution in [0.2, 0.25) is 0 Å². The van der Waals surface area contributed by atoms with Crippen molar-refractivity contribution in [2.45, 2.75) is 44.1 Å². The van der Waals surface area contributed by atoms with E-state index in [1.165, 1.54) is 0 Å². The fraction of sp³-hybridized carbons (Fsp3) is 0.562. The highest BCUT2D eigenvalue weighted by atomic mass is 16.5. The van der Waals surface area contributed by atoms with Gasteiger partial charge in [-0.1, -0.05) is 25.5 Å². The minimum Gasteiger partial charge on any atom is -0.497 e. The molecule has 1 aromatic rings. The molecule has 110 valence electrons. The predicted molar refractivity (Wildman–Crippen MR) is 77.8 cm³/mol. The summed E-state index contributed by atoms with van der Waals surface area (Å²) in [5.41, 5.74) is 0.615. The highest BCUT2D eigenvalue weighted by molar-refractivity contribution is 5.89. The summed E-state index contributed by atoms with van der Waals surface area (Å²) in [5, 5.41) is 12.2. The fourth-order valence-electron chi connectivity index (χ4n) is 2.69. The van der Waals surface area contributed by atoms with Gasteiger partial charge >= 0.3 is 0 Å². The average molecular weight is 277 g/mol. The number of aliphatic hydroxyl groups is 1. The Morgan fingerprint density at radius 2 is 2.05 bits per heavy atom. The lowest BCUT2D eigenvalue weighted by atomic mass is 9.63. The van der Waals surface area contributed by atoms with Crippen LogP contribution in [-0.2, 0) is 10.2 Å². The Labute approximate surface area is 120 Å². The summed E-state index contributed by atoms with van der Waals surface area (Å²) in [5.74, 6) is 0.834. The van der Waals surface area contributed by atoms with E-state index in [0.717, 1.165) is 37.0 Å². The number of aliphatic hydroxyl groups excluding tert-OH is 1. The number of methoxy groups -OCH3 is 1. The Morgan fingerprint density at radius 1 is 1.40 bits per heavy atom. The molecule has 0 bridgehead atoms. The molecule has 1 aliphatic rings. The summed E-state index contributed by atoms with van der Waals surface area (Å²) < 4.78 is 5.16. The van der Waals surface area contributed by atoms with Gasteiger partial charge in [0.25, 0.3) is 0 Å². The molecule has 0 spiro atoms. The minimum atomic E-state index is -0.422. The molecule has 0 aliphatic heterocycles. The van der Waals surface area contributed by atoms with E-state index in [1.807, 2.05) is 31.2 Å². The molecule has 20 heavy (non-hydrogen) atoms. The van der Waals surface area contributed by atoms with Crippen molar-refractivity contribution >= 4 is 5.91 Å². The maximum absolute atomic E-state index is 12.6. The van der Waals surface area contributed by atoms with E-state index in [2.05, 4.69) is 5.32 Å². The van der Waals surface area contributed by atoms with Crippen molar-refractivity contribution in [3.05, 3.63) is 29.8 Å². The van der Waals surface area contributed by atoms with Gasteiger partial charge in [0, 0.05) is 0 Å². The first kappa shape index (κ1) is 14.9. The smallest absolute Gasteiger partial charge is 0.230 e. The van der Waals surface area contributed by atoms with Crippen LogP contribution >= 0.6 is 0 Å². The molecule has 1 fully saturated rings. The second-order valence-electron chi connectivity index (χ2n) is 5.43. The number of amides is 1. The van der Waals surface area contributed by atoms with E-state index < -0.39 is 5.41 Å². The van der Waals surface area contributed by atoms with Crippen LogP contribution in [-0.4, -0.2) is 30.8 Å². The normalized spacial score (nSPS) is 17.9. The molecule has 1 saturated carbocycles. The van der Waals surface area contributed by atoms with Gasteiger partial charge in [-0.3, -0.25) is 4.79 Å². The topological polar surface area (TPSA) is 58.6 Å². The predicted octanol–water partition coefficient (Wildman–Crippen LogP) is 2.00. The third kappa shape index (κ3) is 2.66. The number of carbonyl (C=O) groups excluding carboxylic acids is 1. The number of benzene rings is 1. The summed E-state index contributed by atoms with van der Waals surface area (Å²) >= 11 is 0. The van der Waals surface area contributed by atoms with Gasteiger partial charge in [-0.05, 0) is 37.0 Å². The van der Waals surface area contributed by atoms with Gasteiger partial charge in [-0.2, -0.15) is 0 Å². The molecule has 0 radical (unpaired) electrons. The molecule has 4 nitrogen and oxygen atoms in total. The summed E-state index contributed by atoms with van der Waals surface area (Å²) in [6.07, 6.45) is 3.54. The van der Waals surface area contributed by atoms with Crippen LogP contribution in [0.1, 0.15) is 38.2 Å². The molecular weight excluding hydrogens is 254 g/mol. The zero-order valence-electron chi connectivity index (χ0n) is 12.2. The average Bonchev–Trinajstić information content (AvgIpc) is 2.44. The van der Waals surface area contributed by atoms with Gasteiger partial charge < -0.3 is 15.2 Å². The van der Waals surface area contributed by atoms with Crippen molar-refractivity contribution in [1.29, 1.82) is 0 Å². The molecule has 2 rings (SSSR count). The fourth-order valence-corrected chi connectivity index (χ4v) is 2.69. The molecule has 0 aromatic heterocycles. The van der Waals surface area contributed by atoms with E-state index in [4.69, 9.17) is 4.74 Å². The molecule has 1 aliphatic carbocycles. The molecule has 4 heteroatoms. The third-order valence-corrected chi connectivity index (χ3v) is 4.33. The molecule has 2 N–H and O–H groups in total. The number of carbonyl (C=O) groups is 1. The Kier molecular flexibility index (Phi) is 4.65. The summed E-state index contributed by atoms with van der Waals surface area (Å²) in [7, 11) is 1.63. The molecule has 1 aromatic carbocycles. The van der Waals surface area contributed by atoms with E-state index in [-0.39, 0.29) is 18.6 Å². The van der Waals surface area contributed by atoms with Crippen LogP contribution < -0.4 is 10.1 Å². The summed E-state index contributed by atoms with van der Waals surface area (Å²) in [4.78, 5) is 12.6. The molecular formula is C16H23NO3. The number of ether oxygens (including phenoxy) is 1. The number of hydrogen-bond acceptors (Lipinski definition) is 3. The van der Waals surface area contributed by atoms with Crippen molar-refractivity contribution < 1.29 is 14.6 Å². The Bertz CT molecular complexity index is 447. The Hall–Kier alpha value is -1.55. The van der Waals surface area contributed by atoms with E-state index in [0.29, 0.717) is 0 Å². The lowest BCUT2D eigenvalue weighted by molar-refractivity contribution is -0.131. The SMILES string of the molecule is CCC(CO)NC(=O)C1(c2ccc(OC)cc2)CCC1. The largest absolute Gasteiger partial charge is 0.497 e. The standard InChI is InChI=1S/C16H23NO3/c1-3-13(11-18)17-15(19)16(9-4-10-16)12-5-7-14(20-2)8-6-12/h5-8,13,18H,3-4,9-11H2,1-2H3,(H,17,19). The zero-order valence-corrected chi connectivity index (χ0v) is 12.2. The van der Waals surface area contributed by atoms with Gasteiger partial charge in [-0.25, -0.2) is 0 Å². The van der Waals surface area contributed by atoms with Crippen molar-refractivity contribution in [2.75, 3.05) is 13.7 Å². The van der Waals surface area contributed by atoms with Crippen molar-refractivity contribution in [2.24, 2.45) is 0 Å². The van der Waals surface area contributed by atoms with Crippen LogP contribution in [0.15, 0.2) is 24.3 Å². The lowest BCUT2D eigenvalue weighted by Crippen LogP contribution is -2.52. The molecule has 1 atom stereocenters. The first-order valence-electron chi connectivity index (χ1n) is 7.22. The maximum atomic E-state index is 12.6. The zero-order chi connectivity index (χ0) is 14.6. The Balaban J connectivity index is 2.17. The molecule has 0 heterocycles. The molecule has 1 unspecified atom stereocenters. The number of hydrogen-bond donors (Lipinski definition) is 2. The van der Waals surface area contributed by atoms with Crippen LogP contribution in [0.25, 0.3) is 0 Å². The highest BCUT2D eigenvalue weighted by Crippen LogP contribution is 2.44. The van der Waals surface area contributed by atoms with Crippen molar-refractivity contribution in [1.82, 2.24) is 5.32 Å². The van der Waals surface area contributed by atoms with Crippen molar-refractivity contribution in [3.63, 3.8) is 0 Å². The minimum absolute atomic E-state index is 0.0130. The van der Waals surface area contributed by atoms with Gasteiger partial charge in [0.1, 0.15) is 5.75 Å². The van der Waals surface area contributed by atoms with Gasteiger partial charge in [0.15, 0.2) is 0 Å². The van der Waals surface area contributed by atoms with E-state index in [9.17, 15) is 9.90 Å². The molecule has 1 amide bonds. The second kappa shape index (κ2) is 6.27. The maximum Gasteiger partial charge on any atom is 0.230 e. The number of nitrogens with one attached hydrogen (secondary N) is 1. The van der Waals surface area contributed by atoms with Crippen LogP contribution in [0.5, 0.6) is 5.75 Å². The van der Waals surface area contributed by atoms with Crippen LogP contribution in [0.4, 0.5) is 0 Å².